The van der Waals surface area contributed by atoms with E-state index in [1.54, 1.807) is 18.2 Å². The minimum absolute atomic E-state index is 0.130. The van der Waals surface area contributed by atoms with Gasteiger partial charge in [-0.1, -0.05) is 17.7 Å². The maximum atomic E-state index is 11.5. The molecule has 86 valence electrons. The van der Waals surface area contributed by atoms with E-state index >= 15 is 0 Å². The Bertz CT molecular complexity index is 395. The molecule has 0 bridgehead atoms. The number of rotatable bonds is 4. The van der Waals surface area contributed by atoms with Gasteiger partial charge in [-0.05, 0) is 12.1 Å². The Labute approximate surface area is 98.2 Å². The van der Waals surface area contributed by atoms with Crippen LogP contribution in [0.15, 0.2) is 18.2 Å². The zero-order chi connectivity index (χ0) is 12.0. The van der Waals surface area contributed by atoms with Crippen LogP contribution >= 0.6 is 11.6 Å². The average molecular weight is 242 g/mol. The van der Waals surface area contributed by atoms with E-state index in [0.717, 1.165) is 0 Å². The molecule has 0 aliphatic carbocycles. The maximum absolute atomic E-state index is 11.5. The highest BCUT2D eigenvalue weighted by Crippen LogP contribution is 2.04. The van der Waals surface area contributed by atoms with Gasteiger partial charge < -0.3 is 10.6 Å². The average Bonchev–Trinajstić information content (AvgIpc) is 2.24. The summed E-state index contributed by atoms with van der Waals surface area (Å²) in [5.41, 5.74) is 0.260. The molecule has 0 saturated heterocycles. The summed E-state index contributed by atoms with van der Waals surface area (Å²) < 4.78 is 0. The molecule has 0 saturated carbocycles. The van der Waals surface area contributed by atoms with Crippen molar-refractivity contribution in [3.05, 3.63) is 29.0 Å². The van der Waals surface area contributed by atoms with E-state index in [-0.39, 0.29) is 22.7 Å². The molecule has 0 aromatic carbocycles. The molecule has 6 heteroatoms. The van der Waals surface area contributed by atoms with Crippen molar-refractivity contribution in [3.63, 3.8) is 0 Å². The van der Waals surface area contributed by atoms with Crippen LogP contribution in [-0.4, -0.2) is 29.9 Å². The van der Waals surface area contributed by atoms with Gasteiger partial charge in [0.05, 0.1) is 0 Å². The van der Waals surface area contributed by atoms with Crippen molar-refractivity contribution in [2.24, 2.45) is 0 Å². The number of halogens is 1. The van der Waals surface area contributed by atoms with E-state index in [4.69, 9.17) is 11.6 Å². The zero-order valence-electron chi connectivity index (χ0n) is 8.79. The summed E-state index contributed by atoms with van der Waals surface area (Å²) in [5.74, 6) is -0.442. The van der Waals surface area contributed by atoms with E-state index < -0.39 is 0 Å². The highest BCUT2D eigenvalue weighted by atomic mass is 35.5. The Hall–Kier alpha value is -1.62. The molecule has 0 aliphatic heterocycles. The second-order valence-corrected chi connectivity index (χ2v) is 3.47. The number of pyridine rings is 1. The molecule has 0 unspecified atom stereocenters. The van der Waals surface area contributed by atoms with Crippen LogP contribution in [0.3, 0.4) is 0 Å². The Morgan fingerprint density at radius 2 is 2.00 bits per heavy atom. The first-order valence-corrected chi connectivity index (χ1v) is 5.12. The van der Waals surface area contributed by atoms with Crippen molar-refractivity contribution < 1.29 is 9.59 Å². The molecule has 1 rings (SSSR count). The van der Waals surface area contributed by atoms with Crippen molar-refractivity contribution in [1.82, 2.24) is 15.6 Å². The fourth-order valence-corrected chi connectivity index (χ4v) is 1.20. The van der Waals surface area contributed by atoms with Gasteiger partial charge in [-0.2, -0.15) is 0 Å². The molecule has 0 fully saturated rings. The topological polar surface area (TPSA) is 71.1 Å². The maximum Gasteiger partial charge on any atom is 0.270 e. The first-order chi connectivity index (χ1) is 7.59. The van der Waals surface area contributed by atoms with Gasteiger partial charge in [0, 0.05) is 20.0 Å². The number of carbonyl (C=O) groups is 2. The van der Waals surface area contributed by atoms with Gasteiger partial charge in [-0.3, -0.25) is 9.59 Å². The van der Waals surface area contributed by atoms with Crippen LogP contribution in [0, 0.1) is 0 Å². The molecule has 1 aromatic rings. The van der Waals surface area contributed by atoms with Crippen molar-refractivity contribution in [3.8, 4) is 0 Å². The van der Waals surface area contributed by atoms with Gasteiger partial charge in [-0.15, -0.1) is 0 Å². The number of carbonyl (C=O) groups excluding carboxylic acids is 2. The van der Waals surface area contributed by atoms with E-state index in [1.165, 1.54) is 6.92 Å². The van der Waals surface area contributed by atoms with Crippen molar-refractivity contribution in [2.75, 3.05) is 13.1 Å². The molecule has 2 amide bonds. The molecule has 0 spiro atoms. The number of aromatic nitrogens is 1. The molecule has 0 aliphatic rings. The monoisotopic (exact) mass is 241 g/mol. The van der Waals surface area contributed by atoms with Crippen molar-refractivity contribution >= 4 is 23.4 Å². The summed E-state index contributed by atoms with van der Waals surface area (Å²) in [6.45, 7) is 2.16. The van der Waals surface area contributed by atoms with Gasteiger partial charge >= 0.3 is 0 Å². The molecule has 16 heavy (non-hydrogen) atoms. The molecule has 0 atom stereocenters. The Morgan fingerprint density at radius 1 is 1.31 bits per heavy atom. The Kier molecular flexibility index (Phi) is 4.72. The molecule has 2 N–H and O–H groups in total. The summed E-state index contributed by atoms with van der Waals surface area (Å²) in [6.07, 6.45) is 0. The third-order valence-electron chi connectivity index (χ3n) is 1.73. The van der Waals surface area contributed by atoms with Gasteiger partial charge in [0.2, 0.25) is 5.91 Å². The minimum atomic E-state index is -0.312. The molecule has 5 nitrogen and oxygen atoms in total. The van der Waals surface area contributed by atoms with Crippen LogP contribution < -0.4 is 10.6 Å². The number of amides is 2. The van der Waals surface area contributed by atoms with Crippen LogP contribution in [0.25, 0.3) is 0 Å². The highest BCUT2D eigenvalue weighted by Gasteiger charge is 2.06. The number of nitrogens with zero attached hydrogens (tertiary/aromatic N) is 1. The zero-order valence-corrected chi connectivity index (χ0v) is 9.54. The second kappa shape index (κ2) is 6.07. The number of nitrogens with one attached hydrogen (secondary N) is 2. The quantitative estimate of drug-likeness (QED) is 0.599. The molecular formula is C10H12ClN3O2. The fourth-order valence-electron chi connectivity index (χ4n) is 1.04. The van der Waals surface area contributed by atoms with E-state index in [2.05, 4.69) is 15.6 Å². The van der Waals surface area contributed by atoms with Gasteiger partial charge in [0.25, 0.3) is 5.91 Å². The standard InChI is InChI=1S/C10H12ClN3O2/c1-7(15)12-5-6-13-10(16)8-3-2-4-9(11)14-8/h2-4H,5-6H2,1H3,(H,12,15)(H,13,16). The summed E-state index contributed by atoms with van der Waals surface area (Å²) >= 11 is 5.64. The van der Waals surface area contributed by atoms with Crippen LogP contribution in [0.5, 0.6) is 0 Å². The lowest BCUT2D eigenvalue weighted by Gasteiger charge is -2.05. The minimum Gasteiger partial charge on any atom is -0.355 e. The predicted octanol–water partition coefficient (Wildman–Crippen LogP) is 0.601. The highest BCUT2D eigenvalue weighted by molar-refractivity contribution is 6.29. The smallest absolute Gasteiger partial charge is 0.270 e. The molecule has 1 heterocycles. The Morgan fingerprint density at radius 3 is 2.62 bits per heavy atom. The van der Waals surface area contributed by atoms with Gasteiger partial charge in [0.1, 0.15) is 10.8 Å². The summed E-state index contributed by atoms with van der Waals surface area (Å²) in [6, 6.07) is 4.81. The van der Waals surface area contributed by atoms with Crippen LogP contribution in [0.1, 0.15) is 17.4 Å². The third kappa shape index (κ3) is 4.27. The summed E-state index contributed by atoms with van der Waals surface area (Å²) in [4.78, 5) is 25.9. The second-order valence-electron chi connectivity index (χ2n) is 3.08. The van der Waals surface area contributed by atoms with E-state index in [0.29, 0.717) is 13.1 Å². The summed E-state index contributed by atoms with van der Waals surface area (Å²) in [5, 5.41) is 5.44. The lowest BCUT2D eigenvalue weighted by atomic mass is 10.3. The lowest BCUT2D eigenvalue weighted by Crippen LogP contribution is -2.33. The largest absolute Gasteiger partial charge is 0.355 e. The normalized spacial score (nSPS) is 9.62. The molecule has 1 aromatic heterocycles. The third-order valence-corrected chi connectivity index (χ3v) is 1.94. The molecule has 0 radical (unpaired) electrons. The number of hydrogen-bond acceptors (Lipinski definition) is 3. The molecular weight excluding hydrogens is 230 g/mol. The van der Waals surface area contributed by atoms with Crippen molar-refractivity contribution in [1.29, 1.82) is 0 Å². The fraction of sp³-hybridized carbons (Fsp3) is 0.300. The van der Waals surface area contributed by atoms with Crippen LogP contribution in [0.2, 0.25) is 5.15 Å². The lowest BCUT2D eigenvalue weighted by molar-refractivity contribution is -0.118. The first-order valence-electron chi connectivity index (χ1n) is 4.75. The van der Waals surface area contributed by atoms with Gasteiger partial charge in [-0.25, -0.2) is 4.98 Å². The van der Waals surface area contributed by atoms with Crippen LogP contribution in [-0.2, 0) is 4.79 Å². The van der Waals surface area contributed by atoms with E-state index in [9.17, 15) is 9.59 Å². The van der Waals surface area contributed by atoms with Crippen molar-refractivity contribution in [2.45, 2.75) is 6.92 Å². The Balaban J connectivity index is 2.38. The number of hydrogen-bond donors (Lipinski definition) is 2. The first kappa shape index (κ1) is 12.4. The summed E-state index contributed by atoms with van der Waals surface area (Å²) in [7, 11) is 0. The predicted molar refractivity (Wildman–Crippen MR) is 60.3 cm³/mol. The van der Waals surface area contributed by atoms with Crippen LogP contribution in [0.4, 0.5) is 0 Å². The van der Waals surface area contributed by atoms with Gasteiger partial charge in [0.15, 0.2) is 0 Å². The van der Waals surface area contributed by atoms with E-state index in [1.807, 2.05) is 0 Å². The SMILES string of the molecule is CC(=O)NCCNC(=O)c1cccc(Cl)n1.